The maximum Gasteiger partial charge on any atom is 0.318 e. The fraction of sp³-hybridized carbons (Fsp3) is 0.727. The minimum atomic E-state index is -1.54. The molecule has 0 heterocycles. The van der Waals surface area contributed by atoms with Gasteiger partial charge in [-0.2, -0.15) is 0 Å². The lowest BCUT2D eigenvalue weighted by molar-refractivity contribution is -0.158. The molecule has 7 heteroatoms. The van der Waals surface area contributed by atoms with E-state index in [4.69, 9.17) is 9.84 Å². The molecular weight excluding hydrogens is 240 g/mol. The van der Waals surface area contributed by atoms with Gasteiger partial charge in [0.15, 0.2) is 0 Å². The molecule has 0 aromatic rings. The number of rotatable bonds is 7. The van der Waals surface area contributed by atoms with Crippen LogP contribution in [0.1, 0.15) is 13.8 Å². The first kappa shape index (κ1) is 16.4. The zero-order valence-electron chi connectivity index (χ0n) is 11.1. The molecule has 0 spiro atoms. The standard InChI is InChI=1S/C11H20N2O5/c1-11(2,10(16)17)9(15)13(3)7-8(14)12-5-6-18-4/h5-7H2,1-4H3,(H,12,14)(H,16,17). The third-order valence-corrected chi connectivity index (χ3v) is 2.43. The summed E-state index contributed by atoms with van der Waals surface area (Å²) in [6.45, 7) is 3.15. The lowest BCUT2D eigenvalue weighted by atomic mass is 9.92. The predicted octanol–water partition coefficient (Wildman–Crippen LogP) is -0.682. The number of amides is 2. The summed E-state index contributed by atoms with van der Waals surface area (Å²) in [7, 11) is 2.90. The second kappa shape index (κ2) is 6.95. The fourth-order valence-electron chi connectivity index (χ4n) is 1.20. The number of aliphatic carboxylic acids is 1. The number of carboxylic acids is 1. The zero-order chi connectivity index (χ0) is 14.3. The molecular formula is C11H20N2O5. The second-order valence-corrected chi connectivity index (χ2v) is 4.43. The smallest absolute Gasteiger partial charge is 0.318 e. The maximum atomic E-state index is 11.8. The molecule has 0 bridgehead atoms. The lowest BCUT2D eigenvalue weighted by Crippen LogP contribution is -2.47. The molecule has 2 N–H and O–H groups in total. The Morgan fingerprint density at radius 2 is 1.89 bits per heavy atom. The van der Waals surface area contributed by atoms with Crippen LogP contribution in [0.4, 0.5) is 0 Å². The van der Waals surface area contributed by atoms with Crippen molar-refractivity contribution in [1.29, 1.82) is 0 Å². The van der Waals surface area contributed by atoms with E-state index in [0.29, 0.717) is 13.2 Å². The van der Waals surface area contributed by atoms with Crippen LogP contribution in [-0.2, 0) is 19.1 Å². The van der Waals surface area contributed by atoms with Crippen molar-refractivity contribution in [3.63, 3.8) is 0 Å². The third kappa shape index (κ3) is 4.70. The van der Waals surface area contributed by atoms with Crippen LogP contribution in [0.5, 0.6) is 0 Å². The minimum Gasteiger partial charge on any atom is -0.480 e. The van der Waals surface area contributed by atoms with Gasteiger partial charge in [0.25, 0.3) is 0 Å². The van der Waals surface area contributed by atoms with Gasteiger partial charge < -0.3 is 20.1 Å². The Balaban J connectivity index is 4.32. The van der Waals surface area contributed by atoms with E-state index in [1.807, 2.05) is 0 Å². The van der Waals surface area contributed by atoms with Crippen LogP contribution in [0, 0.1) is 5.41 Å². The summed E-state index contributed by atoms with van der Waals surface area (Å²) in [4.78, 5) is 35.2. The highest BCUT2D eigenvalue weighted by atomic mass is 16.5. The van der Waals surface area contributed by atoms with Gasteiger partial charge in [-0.25, -0.2) is 0 Å². The van der Waals surface area contributed by atoms with Crippen LogP contribution in [0.2, 0.25) is 0 Å². The molecule has 2 amide bonds. The molecule has 0 aliphatic rings. The van der Waals surface area contributed by atoms with E-state index >= 15 is 0 Å². The van der Waals surface area contributed by atoms with Gasteiger partial charge in [0, 0.05) is 20.7 Å². The molecule has 0 rings (SSSR count). The van der Waals surface area contributed by atoms with Crippen LogP contribution in [-0.4, -0.2) is 61.6 Å². The number of nitrogens with zero attached hydrogens (tertiary/aromatic N) is 1. The molecule has 0 fully saturated rings. The molecule has 0 unspecified atom stereocenters. The zero-order valence-corrected chi connectivity index (χ0v) is 11.1. The summed E-state index contributed by atoms with van der Waals surface area (Å²) in [5.74, 6) is -2.19. The first-order chi connectivity index (χ1) is 8.23. The predicted molar refractivity (Wildman–Crippen MR) is 63.9 cm³/mol. The maximum absolute atomic E-state index is 11.8. The van der Waals surface area contributed by atoms with Crippen molar-refractivity contribution in [1.82, 2.24) is 10.2 Å². The van der Waals surface area contributed by atoms with Crippen molar-refractivity contribution in [3.05, 3.63) is 0 Å². The van der Waals surface area contributed by atoms with Crippen molar-refractivity contribution in [2.75, 3.05) is 33.9 Å². The van der Waals surface area contributed by atoms with Crippen molar-refractivity contribution in [2.45, 2.75) is 13.8 Å². The van der Waals surface area contributed by atoms with Gasteiger partial charge >= 0.3 is 5.97 Å². The monoisotopic (exact) mass is 260 g/mol. The highest BCUT2D eigenvalue weighted by Crippen LogP contribution is 2.18. The number of nitrogens with one attached hydrogen (secondary N) is 1. The summed E-state index contributed by atoms with van der Waals surface area (Å²) in [5.41, 5.74) is -1.54. The molecule has 0 aliphatic heterocycles. The van der Waals surface area contributed by atoms with Gasteiger partial charge in [-0.1, -0.05) is 0 Å². The summed E-state index contributed by atoms with van der Waals surface area (Å²) in [5, 5.41) is 11.4. The normalized spacial score (nSPS) is 10.9. The van der Waals surface area contributed by atoms with E-state index in [1.165, 1.54) is 28.0 Å². The quantitative estimate of drug-likeness (QED) is 0.467. The highest BCUT2D eigenvalue weighted by molar-refractivity contribution is 6.01. The van der Waals surface area contributed by atoms with E-state index < -0.39 is 17.3 Å². The number of hydrogen-bond donors (Lipinski definition) is 2. The van der Waals surface area contributed by atoms with E-state index in [1.54, 1.807) is 0 Å². The molecule has 0 aromatic heterocycles. The topological polar surface area (TPSA) is 95.9 Å². The SMILES string of the molecule is COCCNC(=O)CN(C)C(=O)C(C)(C)C(=O)O. The van der Waals surface area contributed by atoms with Gasteiger partial charge in [0.2, 0.25) is 11.8 Å². The number of ether oxygens (including phenoxy) is 1. The summed E-state index contributed by atoms with van der Waals surface area (Å²) >= 11 is 0. The Labute approximate surface area is 106 Å². The third-order valence-electron chi connectivity index (χ3n) is 2.43. The van der Waals surface area contributed by atoms with Crippen LogP contribution >= 0.6 is 0 Å². The van der Waals surface area contributed by atoms with Gasteiger partial charge in [-0.15, -0.1) is 0 Å². The van der Waals surface area contributed by atoms with Crippen LogP contribution in [0.25, 0.3) is 0 Å². The Kier molecular flexibility index (Phi) is 6.32. The molecule has 0 saturated carbocycles. The largest absolute Gasteiger partial charge is 0.480 e. The van der Waals surface area contributed by atoms with Crippen LogP contribution in [0.3, 0.4) is 0 Å². The van der Waals surface area contributed by atoms with E-state index in [0.717, 1.165) is 4.90 Å². The molecule has 7 nitrogen and oxygen atoms in total. The van der Waals surface area contributed by atoms with Gasteiger partial charge in [-0.3, -0.25) is 14.4 Å². The first-order valence-electron chi connectivity index (χ1n) is 5.48. The molecule has 0 atom stereocenters. The molecule has 104 valence electrons. The highest BCUT2D eigenvalue weighted by Gasteiger charge is 2.38. The van der Waals surface area contributed by atoms with Gasteiger partial charge in [-0.05, 0) is 13.8 Å². The summed E-state index contributed by atoms with van der Waals surface area (Å²) in [6.07, 6.45) is 0. The van der Waals surface area contributed by atoms with E-state index in [9.17, 15) is 14.4 Å². The van der Waals surface area contributed by atoms with Crippen LogP contribution < -0.4 is 5.32 Å². The number of carboxylic acid groups (broad SMARTS) is 1. The summed E-state index contributed by atoms with van der Waals surface area (Å²) < 4.78 is 4.76. The Morgan fingerprint density at radius 3 is 2.33 bits per heavy atom. The fourth-order valence-corrected chi connectivity index (χ4v) is 1.20. The Bertz CT molecular complexity index is 327. The van der Waals surface area contributed by atoms with Crippen molar-refractivity contribution < 1.29 is 24.2 Å². The first-order valence-corrected chi connectivity index (χ1v) is 5.48. The average Bonchev–Trinajstić information content (AvgIpc) is 2.27. The molecule has 0 saturated heterocycles. The Hall–Kier alpha value is -1.63. The number of methoxy groups -OCH3 is 1. The van der Waals surface area contributed by atoms with Crippen LogP contribution in [0.15, 0.2) is 0 Å². The van der Waals surface area contributed by atoms with E-state index in [-0.39, 0.29) is 12.5 Å². The average molecular weight is 260 g/mol. The molecule has 0 radical (unpaired) electrons. The lowest BCUT2D eigenvalue weighted by Gasteiger charge is -2.25. The minimum absolute atomic E-state index is 0.181. The van der Waals surface area contributed by atoms with Crippen molar-refractivity contribution in [3.8, 4) is 0 Å². The van der Waals surface area contributed by atoms with Crippen molar-refractivity contribution in [2.24, 2.45) is 5.41 Å². The Morgan fingerprint density at radius 1 is 1.33 bits per heavy atom. The second-order valence-electron chi connectivity index (χ2n) is 4.43. The number of carbonyl (C=O) groups excluding carboxylic acids is 2. The van der Waals surface area contributed by atoms with Gasteiger partial charge in [0.1, 0.15) is 5.41 Å². The van der Waals surface area contributed by atoms with Crippen molar-refractivity contribution >= 4 is 17.8 Å². The van der Waals surface area contributed by atoms with E-state index in [2.05, 4.69) is 5.32 Å². The molecule has 18 heavy (non-hydrogen) atoms. The number of hydrogen-bond acceptors (Lipinski definition) is 4. The summed E-state index contributed by atoms with van der Waals surface area (Å²) in [6, 6.07) is 0. The number of carbonyl (C=O) groups is 3. The molecule has 0 aliphatic carbocycles. The van der Waals surface area contributed by atoms with Gasteiger partial charge in [0.05, 0.1) is 13.2 Å². The molecule has 0 aromatic carbocycles. The number of likely N-dealkylation sites (N-methyl/N-ethyl adjacent to an activating group) is 1.